The van der Waals surface area contributed by atoms with Crippen molar-refractivity contribution in [2.24, 2.45) is 0 Å². The van der Waals surface area contributed by atoms with Crippen LogP contribution in [0.5, 0.6) is 0 Å². The first-order chi connectivity index (χ1) is 7.83. The van der Waals surface area contributed by atoms with Crippen LogP contribution in [-0.2, 0) is 11.3 Å². The van der Waals surface area contributed by atoms with Gasteiger partial charge in [0.2, 0.25) is 5.91 Å². The predicted molar refractivity (Wildman–Crippen MR) is 66.8 cm³/mol. The number of carbonyl (C=O) groups is 1. The Balaban J connectivity index is 0.00000106. The van der Waals surface area contributed by atoms with E-state index in [0.717, 1.165) is 12.0 Å². The fourth-order valence-electron chi connectivity index (χ4n) is 1.02. The number of rotatable bonds is 5. The van der Waals surface area contributed by atoms with E-state index in [1.165, 1.54) is 0 Å². The van der Waals surface area contributed by atoms with Gasteiger partial charge in [0.15, 0.2) is 0 Å². The zero-order valence-electron chi connectivity index (χ0n) is 9.48. The Kier molecular flexibility index (Phi) is 8.50. The first kappa shape index (κ1) is 14.1. The van der Waals surface area contributed by atoms with Crippen LogP contribution in [0.2, 0.25) is 0 Å². The zero-order valence-corrected chi connectivity index (χ0v) is 9.48. The molecular formula is C13H18N2O. The lowest BCUT2D eigenvalue weighted by molar-refractivity contribution is -0.121. The van der Waals surface area contributed by atoms with E-state index in [1.54, 1.807) is 18.5 Å². The summed E-state index contributed by atoms with van der Waals surface area (Å²) >= 11 is 0. The third-order valence-corrected chi connectivity index (χ3v) is 1.79. The standard InChI is InChI=1S/C11H14N2O.C2H4/c1-2-3-6-11(14)13-9-10-5-4-7-12-8-10;1-2/h2,4-5,7-8H,1,3,6,9H2,(H,13,14);1-2H2. The molecule has 86 valence electrons. The molecule has 0 aliphatic rings. The van der Waals surface area contributed by atoms with Gasteiger partial charge < -0.3 is 5.32 Å². The van der Waals surface area contributed by atoms with Gasteiger partial charge in [0.1, 0.15) is 0 Å². The van der Waals surface area contributed by atoms with Gasteiger partial charge in [-0.3, -0.25) is 9.78 Å². The quantitative estimate of drug-likeness (QED) is 0.771. The second-order valence-electron chi connectivity index (χ2n) is 2.97. The van der Waals surface area contributed by atoms with E-state index in [4.69, 9.17) is 0 Å². The molecule has 0 aromatic carbocycles. The van der Waals surface area contributed by atoms with Crippen LogP contribution in [0.1, 0.15) is 18.4 Å². The van der Waals surface area contributed by atoms with Crippen molar-refractivity contribution < 1.29 is 4.79 Å². The Morgan fingerprint density at radius 3 is 2.81 bits per heavy atom. The Labute approximate surface area is 96.9 Å². The molecule has 3 nitrogen and oxygen atoms in total. The average molecular weight is 218 g/mol. The van der Waals surface area contributed by atoms with Gasteiger partial charge in [0.05, 0.1) is 0 Å². The van der Waals surface area contributed by atoms with Gasteiger partial charge in [0.25, 0.3) is 0 Å². The lowest BCUT2D eigenvalue weighted by Crippen LogP contribution is -2.22. The summed E-state index contributed by atoms with van der Waals surface area (Å²) < 4.78 is 0. The normalized spacial score (nSPS) is 8.50. The van der Waals surface area contributed by atoms with Crippen molar-refractivity contribution in [3.05, 3.63) is 55.9 Å². The van der Waals surface area contributed by atoms with Crippen molar-refractivity contribution in [1.82, 2.24) is 10.3 Å². The molecule has 0 saturated heterocycles. The maximum Gasteiger partial charge on any atom is 0.220 e. The van der Waals surface area contributed by atoms with Crippen molar-refractivity contribution in [3.8, 4) is 0 Å². The predicted octanol–water partition coefficient (Wildman–Crippen LogP) is 2.47. The highest BCUT2D eigenvalue weighted by molar-refractivity contribution is 5.75. The Bertz CT molecular complexity index is 309. The number of hydrogen-bond acceptors (Lipinski definition) is 2. The summed E-state index contributed by atoms with van der Waals surface area (Å²) in [6.07, 6.45) is 6.42. The molecule has 0 aliphatic heterocycles. The summed E-state index contributed by atoms with van der Waals surface area (Å²) in [7, 11) is 0. The molecule has 1 aromatic rings. The molecule has 3 heteroatoms. The van der Waals surface area contributed by atoms with Crippen molar-refractivity contribution in [2.45, 2.75) is 19.4 Å². The fourth-order valence-corrected chi connectivity index (χ4v) is 1.02. The van der Waals surface area contributed by atoms with Gasteiger partial charge in [-0.25, -0.2) is 0 Å². The summed E-state index contributed by atoms with van der Waals surface area (Å²) in [5, 5.41) is 2.81. The molecule has 0 aliphatic carbocycles. The fraction of sp³-hybridized carbons (Fsp3) is 0.231. The molecular weight excluding hydrogens is 200 g/mol. The molecule has 1 N–H and O–H groups in total. The third-order valence-electron chi connectivity index (χ3n) is 1.79. The zero-order chi connectivity index (χ0) is 12.2. The number of aromatic nitrogens is 1. The Hall–Kier alpha value is -1.90. The Morgan fingerprint density at radius 2 is 2.25 bits per heavy atom. The lowest BCUT2D eigenvalue weighted by atomic mass is 10.2. The topological polar surface area (TPSA) is 42.0 Å². The summed E-state index contributed by atoms with van der Waals surface area (Å²) in [4.78, 5) is 15.2. The van der Waals surface area contributed by atoms with Crippen LogP contribution >= 0.6 is 0 Å². The van der Waals surface area contributed by atoms with Gasteiger partial charge >= 0.3 is 0 Å². The average Bonchev–Trinajstić information content (AvgIpc) is 2.37. The highest BCUT2D eigenvalue weighted by Crippen LogP contribution is 1.95. The molecule has 0 fully saturated rings. The van der Waals surface area contributed by atoms with Gasteiger partial charge in [0, 0.05) is 25.4 Å². The number of hydrogen-bond donors (Lipinski definition) is 1. The minimum absolute atomic E-state index is 0.0498. The number of allylic oxidation sites excluding steroid dienone is 1. The van der Waals surface area contributed by atoms with Crippen LogP contribution in [0.25, 0.3) is 0 Å². The number of nitrogens with one attached hydrogen (secondary N) is 1. The molecule has 1 aromatic heterocycles. The minimum atomic E-state index is 0.0498. The first-order valence-corrected chi connectivity index (χ1v) is 5.09. The van der Waals surface area contributed by atoms with Crippen molar-refractivity contribution in [2.75, 3.05) is 0 Å². The molecule has 0 bridgehead atoms. The van der Waals surface area contributed by atoms with Crippen LogP contribution in [0.3, 0.4) is 0 Å². The second kappa shape index (κ2) is 9.65. The molecule has 1 heterocycles. The van der Waals surface area contributed by atoms with E-state index in [0.29, 0.717) is 13.0 Å². The smallest absolute Gasteiger partial charge is 0.220 e. The van der Waals surface area contributed by atoms with Crippen molar-refractivity contribution in [3.63, 3.8) is 0 Å². The number of nitrogens with zero attached hydrogens (tertiary/aromatic N) is 1. The van der Waals surface area contributed by atoms with Crippen LogP contribution in [0, 0.1) is 0 Å². The van der Waals surface area contributed by atoms with Gasteiger partial charge in [-0.05, 0) is 18.1 Å². The molecule has 0 saturated carbocycles. The van der Waals surface area contributed by atoms with Crippen LogP contribution in [0.4, 0.5) is 0 Å². The van der Waals surface area contributed by atoms with E-state index in [9.17, 15) is 4.79 Å². The maximum absolute atomic E-state index is 11.2. The summed E-state index contributed by atoms with van der Waals surface area (Å²) in [6, 6.07) is 3.78. The maximum atomic E-state index is 11.2. The number of pyridine rings is 1. The summed E-state index contributed by atoms with van der Waals surface area (Å²) in [5.74, 6) is 0.0498. The monoisotopic (exact) mass is 218 g/mol. The lowest BCUT2D eigenvalue weighted by Gasteiger charge is -2.03. The van der Waals surface area contributed by atoms with E-state index < -0.39 is 0 Å². The molecule has 0 radical (unpaired) electrons. The van der Waals surface area contributed by atoms with Crippen molar-refractivity contribution >= 4 is 5.91 Å². The highest BCUT2D eigenvalue weighted by Gasteiger charge is 1.98. The Morgan fingerprint density at radius 1 is 1.50 bits per heavy atom. The van der Waals surface area contributed by atoms with E-state index >= 15 is 0 Å². The largest absolute Gasteiger partial charge is 0.352 e. The molecule has 0 unspecified atom stereocenters. The van der Waals surface area contributed by atoms with Gasteiger partial charge in [-0.15, -0.1) is 19.7 Å². The first-order valence-electron chi connectivity index (χ1n) is 5.09. The second-order valence-corrected chi connectivity index (χ2v) is 2.97. The molecule has 1 amide bonds. The SMILES string of the molecule is C=C.C=CCCC(=O)NCc1cccnc1. The molecule has 0 spiro atoms. The third kappa shape index (κ3) is 6.54. The van der Waals surface area contributed by atoms with Gasteiger partial charge in [-0.2, -0.15) is 0 Å². The van der Waals surface area contributed by atoms with Crippen LogP contribution in [0.15, 0.2) is 50.3 Å². The number of amides is 1. The summed E-state index contributed by atoms with van der Waals surface area (Å²) in [5.41, 5.74) is 1.01. The molecule has 16 heavy (non-hydrogen) atoms. The van der Waals surface area contributed by atoms with Crippen LogP contribution < -0.4 is 5.32 Å². The number of carbonyl (C=O) groups excluding carboxylic acids is 1. The molecule has 1 rings (SSSR count). The highest BCUT2D eigenvalue weighted by atomic mass is 16.1. The van der Waals surface area contributed by atoms with Crippen LogP contribution in [-0.4, -0.2) is 10.9 Å². The minimum Gasteiger partial charge on any atom is -0.352 e. The van der Waals surface area contributed by atoms with E-state index in [-0.39, 0.29) is 5.91 Å². The summed E-state index contributed by atoms with van der Waals surface area (Å²) in [6.45, 7) is 10.1. The van der Waals surface area contributed by atoms with Gasteiger partial charge in [-0.1, -0.05) is 12.1 Å². The van der Waals surface area contributed by atoms with E-state index in [2.05, 4.69) is 30.0 Å². The van der Waals surface area contributed by atoms with Crippen molar-refractivity contribution in [1.29, 1.82) is 0 Å². The van der Waals surface area contributed by atoms with E-state index in [1.807, 2.05) is 12.1 Å². The molecule has 0 atom stereocenters.